The fraction of sp³-hybridized carbons (Fsp3) is 0.556. The molecule has 1 aromatic rings. The van der Waals surface area contributed by atoms with Crippen molar-refractivity contribution in [3.63, 3.8) is 0 Å². The molecule has 130 valence electrons. The lowest BCUT2D eigenvalue weighted by Gasteiger charge is -2.37. The molecule has 1 aromatic carbocycles. The number of ether oxygens (including phenoxy) is 1. The highest BCUT2D eigenvalue weighted by Gasteiger charge is 2.46. The maximum atomic E-state index is 12.5. The molecule has 2 aliphatic heterocycles. The van der Waals surface area contributed by atoms with E-state index >= 15 is 0 Å². The Hall–Kier alpha value is -2.08. The van der Waals surface area contributed by atoms with Crippen LogP contribution in [0.1, 0.15) is 31.7 Å². The number of likely N-dealkylation sites (tertiary alicyclic amines) is 1. The predicted octanol–water partition coefficient (Wildman–Crippen LogP) is 1.78. The van der Waals surface area contributed by atoms with Crippen LogP contribution >= 0.6 is 0 Å². The number of methoxy groups -OCH3 is 1. The standard InChI is InChI=1S/C18H24N2O4/c1-3-20-17(22)13-18(24-20)7-9-19(10-8-18)16(21)12-14-5-4-6-15(11-14)23-2/h4-6,11H,3,7-10,12-13H2,1-2H3. The molecule has 0 bridgehead atoms. The molecule has 2 heterocycles. The first kappa shape index (κ1) is 16.8. The number of amides is 2. The quantitative estimate of drug-likeness (QED) is 0.843. The van der Waals surface area contributed by atoms with Gasteiger partial charge in [0.15, 0.2) is 0 Å². The van der Waals surface area contributed by atoms with E-state index in [9.17, 15) is 9.59 Å². The molecule has 6 heteroatoms. The summed E-state index contributed by atoms with van der Waals surface area (Å²) in [5, 5.41) is 1.45. The second-order valence-corrected chi connectivity index (χ2v) is 6.45. The normalized spacial score (nSPS) is 19.8. The van der Waals surface area contributed by atoms with Crippen molar-refractivity contribution in [3.05, 3.63) is 29.8 Å². The summed E-state index contributed by atoms with van der Waals surface area (Å²) in [7, 11) is 1.62. The fourth-order valence-corrected chi connectivity index (χ4v) is 3.42. The highest BCUT2D eigenvalue weighted by Crippen LogP contribution is 2.36. The van der Waals surface area contributed by atoms with Gasteiger partial charge < -0.3 is 9.64 Å². The Morgan fingerprint density at radius 2 is 2.08 bits per heavy atom. The van der Waals surface area contributed by atoms with Crippen LogP contribution in [-0.2, 0) is 20.8 Å². The Bertz CT molecular complexity index is 623. The lowest BCUT2D eigenvalue weighted by Crippen LogP contribution is -2.47. The molecule has 2 fully saturated rings. The Balaban J connectivity index is 1.56. The van der Waals surface area contributed by atoms with Crippen LogP contribution in [-0.4, -0.2) is 54.1 Å². The third-order valence-corrected chi connectivity index (χ3v) is 4.86. The molecular weight excluding hydrogens is 308 g/mol. The topological polar surface area (TPSA) is 59.1 Å². The van der Waals surface area contributed by atoms with E-state index in [0.717, 1.165) is 11.3 Å². The number of hydroxylamine groups is 2. The van der Waals surface area contributed by atoms with Crippen LogP contribution in [0, 0.1) is 0 Å². The van der Waals surface area contributed by atoms with Gasteiger partial charge in [0.25, 0.3) is 0 Å². The molecule has 6 nitrogen and oxygen atoms in total. The number of piperidine rings is 1. The minimum absolute atomic E-state index is 0.0497. The van der Waals surface area contributed by atoms with E-state index in [1.54, 1.807) is 7.11 Å². The first-order chi connectivity index (χ1) is 11.5. The molecule has 0 saturated carbocycles. The van der Waals surface area contributed by atoms with Gasteiger partial charge >= 0.3 is 0 Å². The van der Waals surface area contributed by atoms with Gasteiger partial charge in [0, 0.05) is 19.6 Å². The molecule has 1 spiro atoms. The van der Waals surface area contributed by atoms with Crippen LogP contribution < -0.4 is 4.74 Å². The van der Waals surface area contributed by atoms with Gasteiger partial charge in [0.2, 0.25) is 11.8 Å². The summed E-state index contributed by atoms with van der Waals surface area (Å²) in [6.07, 6.45) is 2.21. The van der Waals surface area contributed by atoms with Crippen LogP contribution in [0.25, 0.3) is 0 Å². The van der Waals surface area contributed by atoms with Crippen molar-refractivity contribution in [2.24, 2.45) is 0 Å². The minimum atomic E-state index is -0.403. The summed E-state index contributed by atoms with van der Waals surface area (Å²) < 4.78 is 5.20. The molecule has 3 rings (SSSR count). The molecule has 0 aliphatic carbocycles. The number of nitrogens with zero attached hydrogens (tertiary/aromatic N) is 2. The molecule has 0 unspecified atom stereocenters. The van der Waals surface area contributed by atoms with E-state index in [1.165, 1.54) is 5.06 Å². The van der Waals surface area contributed by atoms with Crippen molar-refractivity contribution in [3.8, 4) is 5.75 Å². The zero-order valence-electron chi connectivity index (χ0n) is 14.3. The van der Waals surface area contributed by atoms with E-state index in [1.807, 2.05) is 36.1 Å². The zero-order chi connectivity index (χ0) is 17.2. The average Bonchev–Trinajstić information content (AvgIpc) is 2.91. The molecular formula is C18H24N2O4. The van der Waals surface area contributed by atoms with Crippen LogP contribution in [0.5, 0.6) is 5.75 Å². The summed E-state index contributed by atoms with van der Waals surface area (Å²) in [4.78, 5) is 32.2. The zero-order valence-corrected chi connectivity index (χ0v) is 14.3. The Kier molecular flexibility index (Phi) is 4.76. The Morgan fingerprint density at radius 1 is 1.33 bits per heavy atom. The summed E-state index contributed by atoms with van der Waals surface area (Å²) in [6.45, 7) is 3.74. The molecule has 0 radical (unpaired) electrons. The van der Waals surface area contributed by atoms with Crippen LogP contribution in [0.3, 0.4) is 0 Å². The van der Waals surface area contributed by atoms with Crippen molar-refractivity contribution in [2.75, 3.05) is 26.7 Å². The largest absolute Gasteiger partial charge is 0.497 e. The van der Waals surface area contributed by atoms with Gasteiger partial charge in [0.1, 0.15) is 11.4 Å². The summed E-state index contributed by atoms with van der Waals surface area (Å²) >= 11 is 0. The van der Waals surface area contributed by atoms with Gasteiger partial charge in [-0.3, -0.25) is 14.4 Å². The summed E-state index contributed by atoms with van der Waals surface area (Å²) in [5.41, 5.74) is 0.545. The van der Waals surface area contributed by atoms with Crippen LogP contribution in [0.4, 0.5) is 0 Å². The number of carbonyl (C=O) groups excluding carboxylic acids is 2. The van der Waals surface area contributed by atoms with Gasteiger partial charge in [-0.15, -0.1) is 0 Å². The SMILES string of the molecule is CCN1OC2(CCN(C(=O)Cc3cccc(OC)c3)CC2)CC1=O. The predicted molar refractivity (Wildman–Crippen MR) is 88.3 cm³/mol. The lowest BCUT2D eigenvalue weighted by atomic mass is 9.88. The first-order valence-corrected chi connectivity index (χ1v) is 8.45. The van der Waals surface area contributed by atoms with E-state index in [2.05, 4.69) is 0 Å². The Labute approximate surface area is 142 Å². The number of rotatable bonds is 4. The molecule has 2 saturated heterocycles. The third kappa shape index (κ3) is 3.38. The molecule has 24 heavy (non-hydrogen) atoms. The van der Waals surface area contributed by atoms with Gasteiger partial charge in [-0.25, -0.2) is 5.06 Å². The van der Waals surface area contributed by atoms with Gasteiger partial charge in [0.05, 0.1) is 20.0 Å². The summed E-state index contributed by atoms with van der Waals surface area (Å²) in [5.74, 6) is 0.916. The molecule has 0 atom stereocenters. The number of carbonyl (C=O) groups is 2. The first-order valence-electron chi connectivity index (χ1n) is 8.45. The second kappa shape index (κ2) is 6.81. The van der Waals surface area contributed by atoms with Gasteiger partial charge in [-0.2, -0.15) is 0 Å². The fourth-order valence-electron chi connectivity index (χ4n) is 3.42. The Morgan fingerprint density at radius 3 is 2.71 bits per heavy atom. The van der Waals surface area contributed by atoms with Crippen LogP contribution in [0.15, 0.2) is 24.3 Å². The van der Waals surface area contributed by atoms with E-state index < -0.39 is 5.60 Å². The van der Waals surface area contributed by atoms with Crippen molar-refractivity contribution in [1.82, 2.24) is 9.96 Å². The van der Waals surface area contributed by atoms with Crippen molar-refractivity contribution in [1.29, 1.82) is 0 Å². The summed E-state index contributed by atoms with van der Waals surface area (Å²) in [6, 6.07) is 7.58. The smallest absolute Gasteiger partial charge is 0.249 e. The maximum Gasteiger partial charge on any atom is 0.249 e. The highest BCUT2D eigenvalue weighted by atomic mass is 16.7. The van der Waals surface area contributed by atoms with E-state index in [0.29, 0.717) is 45.3 Å². The van der Waals surface area contributed by atoms with Gasteiger partial charge in [-0.05, 0) is 37.5 Å². The highest BCUT2D eigenvalue weighted by molar-refractivity contribution is 5.80. The average molecular weight is 332 g/mol. The molecule has 0 N–H and O–H groups in total. The van der Waals surface area contributed by atoms with E-state index in [4.69, 9.17) is 9.57 Å². The maximum absolute atomic E-state index is 12.5. The van der Waals surface area contributed by atoms with E-state index in [-0.39, 0.29) is 11.8 Å². The van der Waals surface area contributed by atoms with Gasteiger partial charge in [-0.1, -0.05) is 12.1 Å². The number of benzene rings is 1. The third-order valence-electron chi connectivity index (χ3n) is 4.86. The van der Waals surface area contributed by atoms with Crippen LogP contribution in [0.2, 0.25) is 0 Å². The number of hydrogen-bond donors (Lipinski definition) is 0. The minimum Gasteiger partial charge on any atom is -0.497 e. The monoisotopic (exact) mass is 332 g/mol. The lowest BCUT2D eigenvalue weighted by molar-refractivity contribution is -0.208. The molecule has 2 aliphatic rings. The van der Waals surface area contributed by atoms with Crippen molar-refractivity contribution < 1.29 is 19.2 Å². The molecule has 0 aromatic heterocycles. The van der Waals surface area contributed by atoms with Crippen molar-refractivity contribution >= 4 is 11.8 Å². The number of hydrogen-bond acceptors (Lipinski definition) is 4. The molecule has 2 amide bonds. The van der Waals surface area contributed by atoms with Crippen molar-refractivity contribution in [2.45, 2.75) is 38.2 Å². The second-order valence-electron chi connectivity index (χ2n) is 6.45.